The van der Waals surface area contributed by atoms with Crippen molar-refractivity contribution >= 4 is 29.5 Å². The first kappa shape index (κ1) is 17.4. The first-order valence-corrected chi connectivity index (χ1v) is 9.08. The third kappa shape index (κ3) is 5.38. The van der Waals surface area contributed by atoms with Gasteiger partial charge in [-0.05, 0) is 37.8 Å². The highest BCUT2D eigenvalue weighted by Crippen LogP contribution is 2.26. The second-order valence-corrected chi connectivity index (χ2v) is 6.70. The number of rotatable bonds is 6. The van der Waals surface area contributed by atoms with E-state index in [4.69, 9.17) is 16.3 Å². The van der Waals surface area contributed by atoms with Crippen LogP contribution < -0.4 is 0 Å². The number of carbonyl (C=O) groups excluding carboxylic acids is 1. The molecule has 1 aliphatic heterocycles. The van der Waals surface area contributed by atoms with E-state index in [1.165, 1.54) is 0 Å². The van der Waals surface area contributed by atoms with Gasteiger partial charge in [-0.1, -0.05) is 23.7 Å². The second-order valence-electron chi connectivity index (χ2n) is 5.16. The Kier molecular flexibility index (Phi) is 7.36. The molecule has 0 aliphatic carbocycles. The number of piperazine rings is 1. The quantitative estimate of drug-likeness (QED) is 0.584. The molecule has 4 nitrogen and oxygen atoms in total. The number of carbonyl (C=O) groups is 1. The molecule has 0 atom stereocenters. The molecule has 1 amide bonds. The smallest absolute Gasteiger partial charge is 0.409 e. The zero-order valence-corrected chi connectivity index (χ0v) is 14.5. The molecule has 0 aromatic heterocycles. The van der Waals surface area contributed by atoms with Crippen molar-refractivity contribution < 1.29 is 9.53 Å². The van der Waals surface area contributed by atoms with Crippen molar-refractivity contribution in [3.8, 4) is 0 Å². The van der Waals surface area contributed by atoms with Gasteiger partial charge < -0.3 is 9.64 Å². The molecule has 1 aromatic carbocycles. The van der Waals surface area contributed by atoms with Crippen LogP contribution in [0.1, 0.15) is 13.3 Å². The fourth-order valence-electron chi connectivity index (χ4n) is 2.40. The van der Waals surface area contributed by atoms with Gasteiger partial charge in [0, 0.05) is 31.1 Å². The predicted molar refractivity (Wildman–Crippen MR) is 91.8 cm³/mol. The molecule has 6 heteroatoms. The third-order valence-corrected chi connectivity index (χ3v) is 5.21. The van der Waals surface area contributed by atoms with E-state index >= 15 is 0 Å². The molecule has 0 N–H and O–H groups in total. The van der Waals surface area contributed by atoms with E-state index in [2.05, 4.69) is 11.0 Å². The Morgan fingerprint density at radius 3 is 2.68 bits per heavy atom. The Labute approximate surface area is 141 Å². The predicted octanol–water partition coefficient (Wildman–Crippen LogP) is 3.60. The summed E-state index contributed by atoms with van der Waals surface area (Å²) in [5, 5.41) is 0.829. The number of ether oxygens (including phenoxy) is 1. The molecule has 1 heterocycles. The van der Waals surface area contributed by atoms with Gasteiger partial charge in [-0.3, -0.25) is 4.90 Å². The van der Waals surface area contributed by atoms with Gasteiger partial charge >= 0.3 is 6.09 Å². The standard InChI is InChI=1S/C16H23ClN2O2S/c1-2-21-16(20)19-11-9-18(10-12-19)8-5-13-22-15-7-4-3-6-14(15)17/h3-4,6-7H,2,5,8-13H2,1H3. The normalized spacial score (nSPS) is 15.8. The van der Waals surface area contributed by atoms with Crippen molar-refractivity contribution in [1.29, 1.82) is 0 Å². The summed E-state index contributed by atoms with van der Waals surface area (Å²) in [6, 6.07) is 7.96. The Bertz CT molecular complexity index is 479. The van der Waals surface area contributed by atoms with Gasteiger partial charge in [-0.15, -0.1) is 11.8 Å². The molecule has 0 spiro atoms. The summed E-state index contributed by atoms with van der Waals surface area (Å²) in [5.74, 6) is 1.06. The van der Waals surface area contributed by atoms with Crippen molar-refractivity contribution in [3.05, 3.63) is 29.3 Å². The highest BCUT2D eigenvalue weighted by Gasteiger charge is 2.21. The minimum absolute atomic E-state index is 0.184. The van der Waals surface area contributed by atoms with Gasteiger partial charge in [-0.25, -0.2) is 4.79 Å². The number of hydrogen-bond acceptors (Lipinski definition) is 4. The molecule has 0 radical (unpaired) electrons. The van der Waals surface area contributed by atoms with Crippen LogP contribution in [-0.2, 0) is 4.74 Å². The van der Waals surface area contributed by atoms with Crippen molar-refractivity contribution in [2.24, 2.45) is 0 Å². The minimum atomic E-state index is -0.184. The zero-order valence-electron chi connectivity index (χ0n) is 13.0. The molecule has 122 valence electrons. The highest BCUT2D eigenvalue weighted by molar-refractivity contribution is 7.99. The Morgan fingerprint density at radius 1 is 1.27 bits per heavy atom. The van der Waals surface area contributed by atoms with Crippen LogP contribution in [0.2, 0.25) is 5.02 Å². The summed E-state index contributed by atoms with van der Waals surface area (Å²) < 4.78 is 5.03. The average molecular weight is 343 g/mol. The van der Waals surface area contributed by atoms with Crippen LogP contribution in [0.25, 0.3) is 0 Å². The maximum Gasteiger partial charge on any atom is 0.409 e. The van der Waals surface area contributed by atoms with E-state index in [-0.39, 0.29) is 6.09 Å². The van der Waals surface area contributed by atoms with E-state index in [1.54, 1.807) is 16.7 Å². The monoisotopic (exact) mass is 342 g/mol. The molecule has 1 fully saturated rings. The van der Waals surface area contributed by atoms with Gasteiger partial charge in [0.2, 0.25) is 0 Å². The summed E-state index contributed by atoms with van der Waals surface area (Å²) >= 11 is 7.95. The van der Waals surface area contributed by atoms with Crippen LogP contribution in [0.5, 0.6) is 0 Å². The Balaban J connectivity index is 1.61. The SMILES string of the molecule is CCOC(=O)N1CCN(CCCSc2ccccc2Cl)CC1. The molecule has 1 aromatic rings. The summed E-state index contributed by atoms with van der Waals surface area (Å²) in [6.45, 7) is 6.72. The number of halogens is 1. The van der Waals surface area contributed by atoms with Crippen molar-refractivity contribution in [3.63, 3.8) is 0 Å². The van der Waals surface area contributed by atoms with Crippen LogP contribution in [0.15, 0.2) is 29.2 Å². The molecule has 2 rings (SSSR count). The van der Waals surface area contributed by atoms with Gasteiger partial charge in [-0.2, -0.15) is 0 Å². The number of hydrogen-bond donors (Lipinski definition) is 0. The second kappa shape index (κ2) is 9.28. The van der Waals surface area contributed by atoms with Crippen LogP contribution in [0.4, 0.5) is 4.79 Å². The molecular formula is C16H23ClN2O2S. The minimum Gasteiger partial charge on any atom is -0.450 e. The first-order chi connectivity index (χ1) is 10.7. The largest absolute Gasteiger partial charge is 0.450 e. The highest BCUT2D eigenvalue weighted by atomic mass is 35.5. The molecule has 0 unspecified atom stereocenters. The lowest BCUT2D eigenvalue weighted by Crippen LogP contribution is -2.49. The van der Waals surface area contributed by atoms with Crippen LogP contribution in [0.3, 0.4) is 0 Å². The average Bonchev–Trinajstić information content (AvgIpc) is 2.54. The molecule has 1 saturated heterocycles. The number of benzene rings is 1. The molecule has 0 bridgehead atoms. The van der Waals surface area contributed by atoms with Gasteiger partial charge in [0.1, 0.15) is 0 Å². The number of amides is 1. The number of nitrogens with zero attached hydrogens (tertiary/aromatic N) is 2. The number of thioether (sulfide) groups is 1. The lowest BCUT2D eigenvalue weighted by atomic mass is 10.3. The molecule has 0 saturated carbocycles. The first-order valence-electron chi connectivity index (χ1n) is 7.72. The van der Waals surface area contributed by atoms with E-state index in [1.807, 2.05) is 25.1 Å². The van der Waals surface area contributed by atoms with Crippen molar-refractivity contribution in [1.82, 2.24) is 9.80 Å². The summed E-state index contributed by atoms with van der Waals surface area (Å²) in [5.41, 5.74) is 0. The lowest BCUT2D eigenvalue weighted by molar-refractivity contribution is 0.0798. The molecule has 22 heavy (non-hydrogen) atoms. The maximum absolute atomic E-state index is 11.6. The van der Waals surface area contributed by atoms with Crippen LogP contribution >= 0.6 is 23.4 Å². The van der Waals surface area contributed by atoms with E-state index in [0.29, 0.717) is 6.61 Å². The van der Waals surface area contributed by atoms with Crippen molar-refractivity contribution in [2.45, 2.75) is 18.2 Å². The van der Waals surface area contributed by atoms with E-state index < -0.39 is 0 Å². The Morgan fingerprint density at radius 2 is 2.00 bits per heavy atom. The maximum atomic E-state index is 11.6. The van der Waals surface area contributed by atoms with E-state index in [9.17, 15) is 4.79 Å². The van der Waals surface area contributed by atoms with Crippen molar-refractivity contribution in [2.75, 3.05) is 45.1 Å². The summed E-state index contributed by atoms with van der Waals surface area (Å²) in [6.07, 6.45) is 0.936. The fraction of sp³-hybridized carbons (Fsp3) is 0.562. The van der Waals surface area contributed by atoms with E-state index in [0.717, 1.165) is 54.8 Å². The Hall–Kier alpha value is -0.910. The van der Waals surface area contributed by atoms with Gasteiger partial charge in [0.25, 0.3) is 0 Å². The van der Waals surface area contributed by atoms with Crippen LogP contribution in [0, 0.1) is 0 Å². The summed E-state index contributed by atoms with van der Waals surface area (Å²) in [7, 11) is 0. The van der Waals surface area contributed by atoms with Crippen LogP contribution in [-0.4, -0.2) is 61.0 Å². The topological polar surface area (TPSA) is 32.8 Å². The summed E-state index contributed by atoms with van der Waals surface area (Å²) in [4.78, 5) is 17.0. The third-order valence-electron chi connectivity index (χ3n) is 3.61. The van der Waals surface area contributed by atoms with Gasteiger partial charge in [0.15, 0.2) is 0 Å². The lowest BCUT2D eigenvalue weighted by Gasteiger charge is -2.33. The molecule has 1 aliphatic rings. The molecular weight excluding hydrogens is 320 g/mol. The zero-order chi connectivity index (χ0) is 15.8. The van der Waals surface area contributed by atoms with Gasteiger partial charge in [0.05, 0.1) is 11.6 Å². The fourth-order valence-corrected chi connectivity index (χ4v) is 3.57.